The van der Waals surface area contributed by atoms with E-state index < -0.39 is 0 Å². The predicted molar refractivity (Wildman–Crippen MR) is 116 cm³/mol. The molecule has 152 valence electrons. The minimum absolute atomic E-state index is 0.334. The highest BCUT2D eigenvalue weighted by atomic mass is 32.1. The fourth-order valence-electron chi connectivity index (χ4n) is 2.99. The number of hydrogen-bond acceptors (Lipinski definition) is 6. The third-order valence-corrected chi connectivity index (χ3v) is 4.73. The lowest BCUT2D eigenvalue weighted by atomic mass is 10.1. The summed E-state index contributed by atoms with van der Waals surface area (Å²) in [4.78, 5) is 11.8. The minimum Gasteiger partial charge on any atom is -0.462 e. The van der Waals surface area contributed by atoms with Crippen LogP contribution in [0.2, 0.25) is 0 Å². The van der Waals surface area contributed by atoms with Crippen LogP contribution in [0.1, 0.15) is 23.0 Å². The van der Waals surface area contributed by atoms with Gasteiger partial charge in [0.1, 0.15) is 11.5 Å². The van der Waals surface area contributed by atoms with Gasteiger partial charge in [0, 0.05) is 11.1 Å². The van der Waals surface area contributed by atoms with E-state index in [1.807, 2.05) is 54.6 Å². The molecule has 30 heavy (non-hydrogen) atoms. The number of carbonyl (C=O) groups excluding carboxylic acids is 1. The lowest BCUT2D eigenvalue weighted by molar-refractivity contribution is 0.0526. The Morgan fingerprint density at radius 1 is 1.10 bits per heavy atom. The van der Waals surface area contributed by atoms with Crippen LogP contribution in [0, 0.1) is 4.77 Å². The Balaban J connectivity index is 1.47. The maximum absolute atomic E-state index is 11.8. The van der Waals surface area contributed by atoms with Crippen molar-refractivity contribution in [2.24, 2.45) is 0 Å². The van der Waals surface area contributed by atoms with Crippen LogP contribution in [-0.2, 0) is 11.3 Å². The van der Waals surface area contributed by atoms with Gasteiger partial charge in [-0.3, -0.25) is 0 Å². The number of ether oxygens (including phenoxy) is 1. The molecule has 0 amide bonds. The third-order valence-electron chi connectivity index (χ3n) is 4.46. The summed E-state index contributed by atoms with van der Waals surface area (Å²) in [5, 5.41) is 7.11. The molecule has 0 unspecified atom stereocenters. The van der Waals surface area contributed by atoms with Gasteiger partial charge in [-0.2, -0.15) is 5.10 Å². The predicted octanol–water partition coefficient (Wildman–Crippen LogP) is 4.79. The van der Waals surface area contributed by atoms with Gasteiger partial charge >= 0.3 is 5.97 Å². The fraction of sp³-hybridized carbons (Fsp3) is 0.136. The summed E-state index contributed by atoms with van der Waals surface area (Å²) in [6.07, 6.45) is 0. The molecule has 0 spiro atoms. The van der Waals surface area contributed by atoms with Gasteiger partial charge in [-0.25, -0.2) is 14.6 Å². The number of H-pyrrole nitrogens is 1. The number of carbonyl (C=O) groups is 1. The molecule has 0 radical (unpaired) electrons. The molecule has 2 heterocycles. The highest BCUT2D eigenvalue weighted by molar-refractivity contribution is 7.71. The van der Waals surface area contributed by atoms with E-state index in [0.717, 1.165) is 16.9 Å². The number of rotatable bonds is 7. The van der Waals surface area contributed by atoms with Gasteiger partial charge in [0.15, 0.2) is 5.82 Å². The largest absolute Gasteiger partial charge is 0.462 e. The molecule has 2 aromatic heterocycles. The first-order valence-corrected chi connectivity index (χ1v) is 9.89. The van der Waals surface area contributed by atoms with Crippen molar-refractivity contribution in [2.45, 2.75) is 13.5 Å². The quantitative estimate of drug-likeness (QED) is 0.330. The summed E-state index contributed by atoms with van der Waals surface area (Å²) >= 11 is 5.34. The van der Waals surface area contributed by atoms with Gasteiger partial charge < -0.3 is 14.6 Å². The maximum atomic E-state index is 11.8. The summed E-state index contributed by atoms with van der Waals surface area (Å²) in [6, 6.07) is 20.7. The Hall–Kier alpha value is -3.65. The fourth-order valence-corrected chi connectivity index (χ4v) is 3.19. The van der Waals surface area contributed by atoms with Crippen LogP contribution in [0.3, 0.4) is 0 Å². The highest BCUT2D eigenvalue weighted by Gasteiger charge is 2.11. The zero-order valence-electron chi connectivity index (χ0n) is 16.3. The maximum Gasteiger partial charge on any atom is 0.338 e. The van der Waals surface area contributed by atoms with Crippen LogP contribution in [-0.4, -0.2) is 27.4 Å². The Bertz CT molecular complexity index is 1190. The third kappa shape index (κ3) is 4.18. The molecule has 0 aliphatic heterocycles. The Morgan fingerprint density at radius 2 is 1.87 bits per heavy atom. The van der Waals surface area contributed by atoms with Crippen molar-refractivity contribution in [3.05, 3.63) is 82.8 Å². The Morgan fingerprint density at radius 3 is 2.60 bits per heavy atom. The van der Waals surface area contributed by atoms with Crippen molar-refractivity contribution in [3.8, 4) is 22.7 Å². The van der Waals surface area contributed by atoms with E-state index in [1.54, 1.807) is 23.7 Å². The van der Waals surface area contributed by atoms with Crippen LogP contribution in [0.4, 0.5) is 0 Å². The van der Waals surface area contributed by atoms with E-state index >= 15 is 0 Å². The molecule has 0 bridgehead atoms. The second kappa shape index (κ2) is 8.79. The molecule has 0 saturated carbocycles. The molecule has 7 nitrogen and oxygen atoms in total. The smallest absolute Gasteiger partial charge is 0.338 e. The van der Waals surface area contributed by atoms with Crippen LogP contribution < -0.4 is 5.43 Å². The monoisotopic (exact) mass is 420 g/mol. The average Bonchev–Trinajstić information content (AvgIpc) is 3.40. The second-order valence-electron chi connectivity index (χ2n) is 6.45. The van der Waals surface area contributed by atoms with Crippen molar-refractivity contribution < 1.29 is 13.9 Å². The second-order valence-corrected chi connectivity index (χ2v) is 6.84. The number of esters is 1. The Kier molecular flexibility index (Phi) is 5.76. The van der Waals surface area contributed by atoms with E-state index in [9.17, 15) is 4.79 Å². The molecular weight excluding hydrogens is 400 g/mol. The van der Waals surface area contributed by atoms with Gasteiger partial charge in [-0.15, -0.1) is 0 Å². The molecule has 0 saturated heterocycles. The average molecular weight is 420 g/mol. The standard InChI is InChI=1S/C22H20N4O3S/c1-2-28-21(27)17-10-8-15(9-11-17)19-13-12-18(29-19)14-23-26-20(24-25-22(26)30)16-6-4-3-5-7-16/h3-13,23H,2,14H2,1H3,(H,25,30). The van der Waals surface area contributed by atoms with Crippen molar-refractivity contribution in [1.82, 2.24) is 14.9 Å². The summed E-state index contributed by atoms with van der Waals surface area (Å²) in [5.74, 6) is 1.81. The first kappa shape index (κ1) is 19.7. The number of benzene rings is 2. The summed E-state index contributed by atoms with van der Waals surface area (Å²) in [5.41, 5.74) is 5.57. The van der Waals surface area contributed by atoms with E-state index in [0.29, 0.717) is 35.1 Å². The van der Waals surface area contributed by atoms with Crippen molar-refractivity contribution in [2.75, 3.05) is 12.0 Å². The SMILES string of the molecule is CCOC(=O)c1ccc(-c2ccc(CNn3c(-c4ccccc4)n[nH]c3=S)o2)cc1. The molecule has 2 aromatic carbocycles. The minimum atomic E-state index is -0.334. The molecular formula is C22H20N4O3S. The van der Waals surface area contributed by atoms with Gasteiger partial charge in [0.25, 0.3) is 0 Å². The van der Waals surface area contributed by atoms with Crippen LogP contribution in [0.5, 0.6) is 0 Å². The van der Waals surface area contributed by atoms with E-state index in [4.69, 9.17) is 21.4 Å². The summed E-state index contributed by atoms with van der Waals surface area (Å²) < 4.78 is 13.1. The zero-order chi connectivity index (χ0) is 20.9. The number of nitrogens with zero attached hydrogens (tertiary/aromatic N) is 2. The van der Waals surface area contributed by atoms with Crippen molar-refractivity contribution in [3.63, 3.8) is 0 Å². The molecule has 2 N–H and O–H groups in total. The van der Waals surface area contributed by atoms with Crippen molar-refractivity contribution in [1.29, 1.82) is 0 Å². The molecule has 4 aromatic rings. The number of hydrogen-bond donors (Lipinski definition) is 2. The Labute approximate surface area is 178 Å². The summed E-state index contributed by atoms with van der Waals surface area (Å²) in [6.45, 7) is 2.56. The van der Waals surface area contributed by atoms with Gasteiger partial charge in [0.2, 0.25) is 4.77 Å². The van der Waals surface area contributed by atoms with E-state index in [1.165, 1.54) is 0 Å². The van der Waals surface area contributed by atoms with Crippen LogP contribution in [0.15, 0.2) is 71.1 Å². The number of aromatic nitrogens is 3. The van der Waals surface area contributed by atoms with Crippen LogP contribution in [0.25, 0.3) is 22.7 Å². The number of nitrogens with one attached hydrogen (secondary N) is 2. The highest BCUT2D eigenvalue weighted by Crippen LogP contribution is 2.23. The van der Waals surface area contributed by atoms with Gasteiger partial charge in [0.05, 0.1) is 18.7 Å². The zero-order valence-corrected chi connectivity index (χ0v) is 17.1. The lowest BCUT2D eigenvalue weighted by Crippen LogP contribution is -2.15. The van der Waals surface area contributed by atoms with Crippen molar-refractivity contribution >= 4 is 18.2 Å². The molecule has 4 rings (SSSR count). The lowest BCUT2D eigenvalue weighted by Gasteiger charge is -2.08. The van der Waals surface area contributed by atoms with Gasteiger partial charge in [-0.1, -0.05) is 42.5 Å². The summed E-state index contributed by atoms with van der Waals surface area (Å²) in [7, 11) is 0. The molecule has 0 fully saturated rings. The molecule has 8 heteroatoms. The van der Waals surface area contributed by atoms with Gasteiger partial charge in [-0.05, 0) is 43.4 Å². The topological polar surface area (TPSA) is 85.1 Å². The van der Waals surface area contributed by atoms with Crippen LogP contribution >= 0.6 is 12.2 Å². The number of aromatic amines is 1. The first-order chi connectivity index (χ1) is 14.7. The normalized spacial score (nSPS) is 10.7. The molecule has 0 aliphatic rings. The molecule has 0 aliphatic carbocycles. The first-order valence-electron chi connectivity index (χ1n) is 9.48. The van der Waals surface area contributed by atoms with E-state index in [-0.39, 0.29) is 5.97 Å². The molecule has 0 atom stereocenters. The number of furan rings is 1. The van der Waals surface area contributed by atoms with E-state index in [2.05, 4.69) is 15.6 Å².